The van der Waals surface area contributed by atoms with Gasteiger partial charge in [0.1, 0.15) is 11.5 Å². The van der Waals surface area contributed by atoms with Crippen molar-refractivity contribution in [3.63, 3.8) is 0 Å². The lowest BCUT2D eigenvalue weighted by atomic mass is 9.97. The Labute approximate surface area is 176 Å². The van der Waals surface area contributed by atoms with Gasteiger partial charge in [0.15, 0.2) is 6.17 Å². The number of hydrogen-bond acceptors (Lipinski definition) is 6. The molecule has 4 N–H and O–H groups in total. The summed E-state index contributed by atoms with van der Waals surface area (Å²) in [6.45, 7) is 6.40. The van der Waals surface area contributed by atoms with E-state index in [2.05, 4.69) is 17.2 Å². The van der Waals surface area contributed by atoms with Crippen LogP contribution in [-0.4, -0.2) is 33.5 Å². The van der Waals surface area contributed by atoms with Crippen LogP contribution in [0.5, 0.6) is 11.5 Å². The smallest absolute Gasteiger partial charge is 0.286 e. The molecule has 1 heterocycles. The maximum absolute atomic E-state index is 12.3. The Morgan fingerprint density at radius 3 is 2.57 bits per heavy atom. The summed E-state index contributed by atoms with van der Waals surface area (Å²) in [7, 11) is 0. The molecule has 2 aromatic rings. The summed E-state index contributed by atoms with van der Waals surface area (Å²) in [5.41, 5.74) is 10.4. The molecule has 1 aliphatic heterocycles. The number of hydrogen-bond donors (Lipinski definition) is 3. The Morgan fingerprint density at radius 2 is 1.90 bits per heavy atom. The molecule has 158 valence electrons. The van der Waals surface area contributed by atoms with Gasteiger partial charge in [-0.3, -0.25) is 14.7 Å². The zero-order valence-electron chi connectivity index (χ0n) is 17.6. The van der Waals surface area contributed by atoms with E-state index in [4.69, 9.17) is 5.73 Å². The van der Waals surface area contributed by atoms with Crippen LogP contribution in [0.25, 0.3) is 0 Å². The molecule has 30 heavy (non-hydrogen) atoms. The highest BCUT2D eigenvalue weighted by atomic mass is 16.3. The third-order valence-electron chi connectivity index (χ3n) is 5.96. The van der Waals surface area contributed by atoms with Crippen LogP contribution < -0.4 is 10.6 Å². The predicted octanol–water partition coefficient (Wildman–Crippen LogP) is 3.35. The summed E-state index contributed by atoms with van der Waals surface area (Å²) >= 11 is 0. The number of phenolic OH excluding ortho intramolecular Hbond substituents is 2. The van der Waals surface area contributed by atoms with Crippen LogP contribution in [0.1, 0.15) is 61.5 Å². The number of fused-ring (bicyclic) bond motifs is 1. The van der Waals surface area contributed by atoms with Crippen molar-refractivity contribution in [3.05, 3.63) is 52.6 Å². The molecule has 0 bridgehead atoms. The number of phenols is 2. The molecule has 0 aromatic heterocycles. The van der Waals surface area contributed by atoms with E-state index in [1.54, 1.807) is 16.0 Å². The number of primary amides is 1. The Hall–Kier alpha value is -3.22. The third kappa shape index (κ3) is 3.24. The lowest BCUT2D eigenvalue weighted by molar-refractivity contribution is -0.112. The first-order valence-corrected chi connectivity index (χ1v) is 10.4. The number of nitrogens with two attached hydrogens (primary N) is 1. The number of hydrazone groups is 1. The van der Waals surface area contributed by atoms with Crippen molar-refractivity contribution in [3.8, 4) is 11.5 Å². The van der Waals surface area contributed by atoms with Crippen LogP contribution in [0.15, 0.2) is 35.4 Å². The SMILES string of the molecule is CCN1N=C(C(N)=O)N(c2ccc3c(c2)CCC3)C1c1cc(C(C)C)c(O)cc1O. The van der Waals surface area contributed by atoms with Crippen LogP contribution in [0.2, 0.25) is 0 Å². The van der Waals surface area contributed by atoms with Crippen molar-refractivity contribution in [2.75, 3.05) is 11.4 Å². The Bertz CT molecular complexity index is 1030. The van der Waals surface area contributed by atoms with E-state index >= 15 is 0 Å². The standard InChI is InChI=1S/C23H28N4O3/c1-4-26-23(18-11-17(13(2)3)19(28)12-20(18)29)27(22(25-26)21(24)30)16-9-8-14-6-5-7-15(14)10-16/h8-13,23,28-29H,4-7H2,1-3H3,(H2,24,30). The molecule has 4 rings (SSSR count). The number of aromatic hydroxyl groups is 2. The minimum absolute atomic E-state index is 0.0485. The van der Waals surface area contributed by atoms with Gasteiger partial charge in [0.2, 0.25) is 5.84 Å². The van der Waals surface area contributed by atoms with Crippen molar-refractivity contribution in [1.29, 1.82) is 0 Å². The van der Waals surface area contributed by atoms with E-state index in [0.29, 0.717) is 12.1 Å². The fraction of sp³-hybridized carbons (Fsp3) is 0.391. The number of aryl methyl sites for hydroxylation is 2. The zero-order valence-corrected chi connectivity index (χ0v) is 17.6. The summed E-state index contributed by atoms with van der Waals surface area (Å²) in [6, 6.07) is 9.33. The molecular formula is C23H28N4O3. The first kappa shape index (κ1) is 20.1. The topological polar surface area (TPSA) is 102 Å². The van der Waals surface area contributed by atoms with Gasteiger partial charge in [-0.05, 0) is 67.0 Å². The second-order valence-corrected chi connectivity index (χ2v) is 8.22. The van der Waals surface area contributed by atoms with Crippen LogP contribution >= 0.6 is 0 Å². The number of amidine groups is 1. The normalized spacial score (nSPS) is 18.1. The maximum atomic E-state index is 12.3. The van der Waals surface area contributed by atoms with Crippen molar-refractivity contribution < 1.29 is 15.0 Å². The Balaban J connectivity index is 1.88. The molecule has 1 amide bonds. The lowest BCUT2D eigenvalue weighted by Gasteiger charge is -2.32. The van der Waals surface area contributed by atoms with E-state index in [1.165, 1.54) is 17.2 Å². The molecule has 2 aromatic carbocycles. The molecule has 0 fully saturated rings. The van der Waals surface area contributed by atoms with Gasteiger partial charge in [-0.2, -0.15) is 5.10 Å². The van der Waals surface area contributed by atoms with E-state index in [-0.39, 0.29) is 23.3 Å². The van der Waals surface area contributed by atoms with Gasteiger partial charge in [-0.1, -0.05) is 19.9 Å². The first-order chi connectivity index (χ1) is 14.3. The average Bonchev–Trinajstić information content (AvgIpc) is 3.31. The molecule has 1 aliphatic carbocycles. The van der Waals surface area contributed by atoms with Crippen molar-refractivity contribution in [1.82, 2.24) is 5.01 Å². The largest absolute Gasteiger partial charge is 0.508 e. The summed E-state index contributed by atoms with van der Waals surface area (Å²) in [6.07, 6.45) is 2.64. The van der Waals surface area contributed by atoms with E-state index in [1.807, 2.05) is 26.8 Å². The van der Waals surface area contributed by atoms with Gasteiger partial charge in [0, 0.05) is 23.9 Å². The summed E-state index contributed by atoms with van der Waals surface area (Å²) < 4.78 is 0. The highest BCUT2D eigenvalue weighted by Gasteiger charge is 2.40. The number of rotatable bonds is 5. The summed E-state index contributed by atoms with van der Waals surface area (Å²) in [4.78, 5) is 14.1. The maximum Gasteiger partial charge on any atom is 0.286 e. The number of benzene rings is 2. The number of carbonyl (C=O) groups excluding carboxylic acids is 1. The molecule has 0 spiro atoms. The number of amides is 1. The Morgan fingerprint density at radius 1 is 1.17 bits per heavy atom. The van der Waals surface area contributed by atoms with E-state index < -0.39 is 12.1 Å². The van der Waals surface area contributed by atoms with Gasteiger partial charge < -0.3 is 15.9 Å². The number of nitrogens with zero attached hydrogens (tertiary/aromatic N) is 3. The van der Waals surface area contributed by atoms with Crippen molar-refractivity contribution in [2.24, 2.45) is 10.8 Å². The molecular weight excluding hydrogens is 380 g/mol. The van der Waals surface area contributed by atoms with Crippen molar-refractivity contribution in [2.45, 2.75) is 52.1 Å². The third-order valence-corrected chi connectivity index (χ3v) is 5.96. The van der Waals surface area contributed by atoms with Crippen LogP contribution in [0.3, 0.4) is 0 Å². The summed E-state index contributed by atoms with van der Waals surface area (Å²) in [5, 5.41) is 27.2. The van der Waals surface area contributed by atoms with E-state index in [0.717, 1.165) is 30.5 Å². The quantitative estimate of drug-likeness (QED) is 0.704. The van der Waals surface area contributed by atoms with Crippen molar-refractivity contribution >= 4 is 17.4 Å². The monoisotopic (exact) mass is 408 g/mol. The fourth-order valence-corrected chi connectivity index (χ4v) is 4.44. The molecule has 1 unspecified atom stereocenters. The van der Waals surface area contributed by atoms with Crippen LogP contribution in [0, 0.1) is 0 Å². The fourth-order valence-electron chi connectivity index (χ4n) is 4.44. The molecule has 0 radical (unpaired) electrons. The molecule has 7 nitrogen and oxygen atoms in total. The van der Waals surface area contributed by atoms with Gasteiger partial charge in [-0.15, -0.1) is 0 Å². The Kier molecular flexibility index (Phi) is 5.05. The predicted molar refractivity (Wildman–Crippen MR) is 117 cm³/mol. The van der Waals surface area contributed by atoms with Gasteiger partial charge in [-0.25, -0.2) is 0 Å². The van der Waals surface area contributed by atoms with Crippen LogP contribution in [0.4, 0.5) is 5.69 Å². The molecule has 7 heteroatoms. The van der Waals surface area contributed by atoms with Gasteiger partial charge >= 0.3 is 0 Å². The molecule has 0 saturated heterocycles. The van der Waals surface area contributed by atoms with Crippen LogP contribution in [-0.2, 0) is 17.6 Å². The molecule has 2 aliphatic rings. The highest BCUT2D eigenvalue weighted by molar-refractivity contribution is 6.43. The summed E-state index contributed by atoms with van der Waals surface area (Å²) in [5.74, 6) is -0.428. The second kappa shape index (κ2) is 7.55. The highest BCUT2D eigenvalue weighted by Crippen LogP contribution is 2.43. The zero-order chi connectivity index (χ0) is 21.6. The van der Waals surface area contributed by atoms with Gasteiger partial charge in [0.25, 0.3) is 5.91 Å². The molecule has 1 atom stereocenters. The van der Waals surface area contributed by atoms with E-state index in [9.17, 15) is 15.0 Å². The minimum atomic E-state index is -0.626. The second-order valence-electron chi connectivity index (χ2n) is 8.22. The lowest BCUT2D eigenvalue weighted by Crippen LogP contribution is -2.41. The number of carbonyl (C=O) groups is 1. The minimum Gasteiger partial charge on any atom is -0.508 e. The number of anilines is 1. The van der Waals surface area contributed by atoms with Gasteiger partial charge in [0.05, 0.1) is 0 Å². The molecule has 0 saturated carbocycles. The average molecular weight is 409 g/mol. The first-order valence-electron chi connectivity index (χ1n) is 10.4.